The Morgan fingerprint density at radius 1 is 0.974 bits per heavy atom. The first kappa shape index (κ1) is 33.8. The molecule has 2 atom stereocenters. The molecule has 1 rings (SSSR count). The Morgan fingerprint density at radius 2 is 1.58 bits per heavy atom. The Bertz CT molecular complexity index is 852. The maximum atomic E-state index is 14.2. The molecule has 2 N–H and O–H groups in total. The first-order valence-electron chi connectivity index (χ1n) is 14.1. The molecule has 38 heavy (non-hydrogen) atoms. The number of rotatable bonds is 16. The fraction of sp³-hybridized carbons (Fsp3) is 0.700. The van der Waals surface area contributed by atoms with Gasteiger partial charge in [-0.15, -0.1) is 0 Å². The van der Waals surface area contributed by atoms with Crippen molar-refractivity contribution in [2.24, 2.45) is 0 Å². The average molecular weight is 550 g/mol. The number of nitrogens with zero attached hydrogens (tertiary/aromatic N) is 1. The SMILES string of the molecule is CCCCCCCCN(C(=O)C(CCSC)NC(=O)OC(C)(C)C)C(C(=O)NC(C)C)c1ccc(C)cc1. The van der Waals surface area contributed by atoms with Gasteiger partial charge < -0.3 is 20.3 Å². The maximum Gasteiger partial charge on any atom is 0.408 e. The number of hydrogen-bond donors (Lipinski definition) is 2. The van der Waals surface area contributed by atoms with E-state index in [1.165, 1.54) is 12.8 Å². The third-order valence-corrected chi connectivity index (χ3v) is 6.66. The Kier molecular flexibility index (Phi) is 15.5. The van der Waals surface area contributed by atoms with E-state index < -0.39 is 23.8 Å². The van der Waals surface area contributed by atoms with Gasteiger partial charge in [-0.25, -0.2) is 4.79 Å². The summed E-state index contributed by atoms with van der Waals surface area (Å²) < 4.78 is 5.47. The van der Waals surface area contributed by atoms with Crippen LogP contribution in [0.5, 0.6) is 0 Å². The number of thioether (sulfide) groups is 1. The Morgan fingerprint density at radius 3 is 2.13 bits per heavy atom. The number of nitrogens with one attached hydrogen (secondary N) is 2. The van der Waals surface area contributed by atoms with Crippen molar-refractivity contribution >= 4 is 29.7 Å². The zero-order valence-corrected chi connectivity index (χ0v) is 25.7. The van der Waals surface area contributed by atoms with E-state index in [0.717, 1.165) is 36.8 Å². The number of carbonyl (C=O) groups excluding carboxylic acids is 3. The lowest BCUT2D eigenvalue weighted by Gasteiger charge is -2.35. The van der Waals surface area contributed by atoms with Crippen molar-refractivity contribution < 1.29 is 19.1 Å². The first-order chi connectivity index (χ1) is 17.9. The van der Waals surface area contributed by atoms with Crippen molar-refractivity contribution in [2.75, 3.05) is 18.6 Å². The molecule has 216 valence electrons. The van der Waals surface area contributed by atoms with Gasteiger partial charge in [0.05, 0.1) is 0 Å². The van der Waals surface area contributed by atoms with Crippen LogP contribution in [-0.4, -0.2) is 59.0 Å². The number of hydrogen-bond acceptors (Lipinski definition) is 5. The second-order valence-electron chi connectivity index (χ2n) is 11.3. The van der Waals surface area contributed by atoms with Gasteiger partial charge in [-0.2, -0.15) is 11.8 Å². The Hall–Kier alpha value is -2.22. The summed E-state index contributed by atoms with van der Waals surface area (Å²) in [7, 11) is 0. The quantitative estimate of drug-likeness (QED) is 0.233. The van der Waals surface area contributed by atoms with Gasteiger partial charge in [0.15, 0.2) is 0 Å². The van der Waals surface area contributed by atoms with E-state index in [1.807, 2.05) is 51.3 Å². The van der Waals surface area contributed by atoms with Crippen LogP contribution < -0.4 is 10.6 Å². The third kappa shape index (κ3) is 13.0. The molecule has 0 bridgehead atoms. The molecule has 7 nitrogen and oxygen atoms in total. The molecule has 0 spiro atoms. The zero-order chi connectivity index (χ0) is 28.7. The molecular formula is C30H51N3O4S. The number of amides is 3. The predicted molar refractivity (Wildman–Crippen MR) is 158 cm³/mol. The third-order valence-electron chi connectivity index (χ3n) is 6.02. The van der Waals surface area contributed by atoms with Crippen molar-refractivity contribution in [3.8, 4) is 0 Å². The monoisotopic (exact) mass is 549 g/mol. The highest BCUT2D eigenvalue weighted by Crippen LogP contribution is 2.25. The van der Waals surface area contributed by atoms with Gasteiger partial charge in [0.2, 0.25) is 11.8 Å². The molecule has 0 heterocycles. The lowest BCUT2D eigenvalue weighted by molar-refractivity contribution is -0.142. The molecule has 1 aromatic rings. The molecule has 0 aromatic heterocycles. The number of alkyl carbamates (subject to hydrolysis) is 1. The van der Waals surface area contributed by atoms with E-state index >= 15 is 0 Å². The Labute approximate surface area is 235 Å². The molecule has 3 amide bonds. The minimum Gasteiger partial charge on any atom is -0.444 e. The van der Waals surface area contributed by atoms with Crippen LogP contribution in [0.4, 0.5) is 4.79 Å². The van der Waals surface area contributed by atoms with Crippen LogP contribution in [0.25, 0.3) is 0 Å². The highest BCUT2D eigenvalue weighted by molar-refractivity contribution is 7.98. The summed E-state index contributed by atoms with van der Waals surface area (Å²) >= 11 is 1.61. The van der Waals surface area contributed by atoms with Crippen LogP contribution in [0.1, 0.15) is 104 Å². The number of unbranched alkanes of at least 4 members (excludes halogenated alkanes) is 5. The highest BCUT2D eigenvalue weighted by Gasteiger charge is 2.36. The number of ether oxygens (including phenoxy) is 1. The lowest BCUT2D eigenvalue weighted by atomic mass is 10.00. The average Bonchev–Trinajstić information content (AvgIpc) is 2.82. The van der Waals surface area contributed by atoms with Gasteiger partial charge in [0.25, 0.3) is 0 Å². The van der Waals surface area contributed by atoms with E-state index in [0.29, 0.717) is 18.7 Å². The van der Waals surface area contributed by atoms with Gasteiger partial charge in [0, 0.05) is 12.6 Å². The summed E-state index contributed by atoms with van der Waals surface area (Å²) in [5, 5.41) is 5.82. The largest absolute Gasteiger partial charge is 0.444 e. The van der Waals surface area contributed by atoms with Crippen molar-refractivity contribution in [1.82, 2.24) is 15.5 Å². The summed E-state index contributed by atoms with van der Waals surface area (Å²) in [6.07, 6.45) is 8.17. The summed E-state index contributed by atoms with van der Waals surface area (Å²) in [4.78, 5) is 42.1. The van der Waals surface area contributed by atoms with Crippen molar-refractivity contribution in [3.63, 3.8) is 0 Å². The van der Waals surface area contributed by atoms with Gasteiger partial charge in [-0.1, -0.05) is 68.9 Å². The smallest absolute Gasteiger partial charge is 0.408 e. The van der Waals surface area contributed by atoms with Crippen molar-refractivity contribution in [3.05, 3.63) is 35.4 Å². The molecular weight excluding hydrogens is 498 g/mol. The molecule has 0 aliphatic rings. The topological polar surface area (TPSA) is 87.7 Å². The van der Waals surface area contributed by atoms with Crippen LogP contribution in [0.3, 0.4) is 0 Å². The second kappa shape index (κ2) is 17.4. The Balaban J connectivity index is 3.37. The van der Waals surface area contributed by atoms with Crippen LogP contribution in [0, 0.1) is 6.92 Å². The fourth-order valence-corrected chi connectivity index (χ4v) is 4.63. The summed E-state index contributed by atoms with van der Waals surface area (Å²) in [6, 6.07) is 6.09. The van der Waals surface area contributed by atoms with E-state index in [-0.39, 0.29) is 17.9 Å². The van der Waals surface area contributed by atoms with Crippen LogP contribution in [-0.2, 0) is 14.3 Å². The summed E-state index contributed by atoms with van der Waals surface area (Å²) in [5.41, 5.74) is 1.15. The van der Waals surface area contributed by atoms with Gasteiger partial charge in [0.1, 0.15) is 17.7 Å². The van der Waals surface area contributed by atoms with Gasteiger partial charge in [-0.05, 0) is 72.0 Å². The molecule has 0 fully saturated rings. The molecule has 0 aliphatic carbocycles. The fourth-order valence-electron chi connectivity index (χ4n) is 4.16. The summed E-state index contributed by atoms with van der Waals surface area (Å²) in [6.45, 7) is 13.8. The van der Waals surface area contributed by atoms with Gasteiger partial charge in [-0.3, -0.25) is 9.59 Å². The van der Waals surface area contributed by atoms with E-state index in [1.54, 1.807) is 37.4 Å². The van der Waals surface area contributed by atoms with Crippen molar-refractivity contribution in [1.29, 1.82) is 0 Å². The highest BCUT2D eigenvalue weighted by atomic mass is 32.2. The standard InChI is InChI=1S/C30H51N3O4S/c1-9-10-11-12-13-14-20-33(26(27(34)31-22(2)3)24-17-15-23(4)16-18-24)28(35)25(19-21-38-8)32-29(36)37-30(5,6)7/h15-18,22,25-26H,9-14,19-21H2,1-8H3,(H,31,34)(H,32,36). The number of aryl methyl sites for hydroxylation is 1. The molecule has 2 unspecified atom stereocenters. The number of benzene rings is 1. The molecule has 8 heteroatoms. The number of carbonyl (C=O) groups is 3. The molecule has 1 aromatic carbocycles. The van der Waals surface area contributed by atoms with Gasteiger partial charge >= 0.3 is 6.09 Å². The molecule has 0 saturated heterocycles. The first-order valence-corrected chi connectivity index (χ1v) is 15.4. The van der Waals surface area contributed by atoms with Crippen LogP contribution in [0.15, 0.2) is 24.3 Å². The molecule has 0 radical (unpaired) electrons. The predicted octanol–water partition coefficient (Wildman–Crippen LogP) is 6.40. The summed E-state index contributed by atoms with van der Waals surface area (Å²) in [5.74, 6) is 0.205. The lowest BCUT2D eigenvalue weighted by Crippen LogP contribution is -2.54. The molecule has 0 saturated carbocycles. The van der Waals surface area contributed by atoms with E-state index in [4.69, 9.17) is 4.74 Å². The zero-order valence-electron chi connectivity index (χ0n) is 24.9. The molecule has 0 aliphatic heterocycles. The minimum atomic E-state index is -0.794. The normalized spacial score (nSPS) is 13.1. The van der Waals surface area contributed by atoms with E-state index in [9.17, 15) is 14.4 Å². The van der Waals surface area contributed by atoms with E-state index in [2.05, 4.69) is 17.6 Å². The minimum absolute atomic E-state index is 0.0754. The second-order valence-corrected chi connectivity index (χ2v) is 12.2. The van der Waals surface area contributed by atoms with Crippen LogP contribution in [0.2, 0.25) is 0 Å². The maximum absolute atomic E-state index is 14.2. The van der Waals surface area contributed by atoms with Crippen molar-refractivity contribution in [2.45, 2.75) is 117 Å². The van der Waals surface area contributed by atoms with Crippen LogP contribution >= 0.6 is 11.8 Å².